The smallest absolute Gasteiger partial charge is 1.00 e. The molecule has 0 rings (SSSR count). The summed E-state index contributed by atoms with van der Waals surface area (Å²) in [5.41, 5.74) is 0. The molecule has 0 aliphatic carbocycles. The van der Waals surface area contributed by atoms with Crippen LogP contribution < -0.4 is 58.2 Å². The SMILES string of the molecule is [Mn].[O-2].[O-2].[O-2].[O-2].[Rb+]. The van der Waals surface area contributed by atoms with Crippen molar-refractivity contribution >= 4 is 0 Å². The van der Waals surface area contributed by atoms with Crippen molar-refractivity contribution in [2.45, 2.75) is 0 Å². The molecule has 0 heterocycles. The van der Waals surface area contributed by atoms with E-state index in [1.165, 1.54) is 0 Å². The number of hydrogen-bond donors (Lipinski definition) is 0. The molecule has 0 aromatic heterocycles. The molecule has 0 aliphatic rings. The van der Waals surface area contributed by atoms with Gasteiger partial charge in [-0.25, -0.2) is 0 Å². The second kappa shape index (κ2) is 58.1. The average molecular weight is 204 g/mol. The largest absolute Gasteiger partial charge is 2.00 e. The predicted octanol–water partition coefficient (Wildman–Crippen LogP) is -3.47. The van der Waals surface area contributed by atoms with Crippen molar-refractivity contribution in [2.24, 2.45) is 0 Å². The van der Waals surface area contributed by atoms with Crippen LogP contribution in [-0.2, 0) is 39.0 Å². The van der Waals surface area contributed by atoms with Gasteiger partial charge in [-0.2, -0.15) is 0 Å². The molecule has 0 aromatic rings. The van der Waals surface area contributed by atoms with Crippen LogP contribution in [0.1, 0.15) is 0 Å². The van der Waals surface area contributed by atoms with Gasteiger partial charge in [-0.15, -0.1) is 0 Å². The van der Waals surface area contributed by atoms with Crippen molar-refractivity contribution in [1.29, 1.82) is 0 Å². The summed E-state index contributed by atoms with van der Waals surface area (Å²) in [6.45, 7) is 0. The average Bonchev–Trinajstić information content (AvgIpc) is 0. The first-order valence-electron chi connectivity index (χ1n) is 0. The third-order valence-corrected chi connectivity index (χ3v) is 0. The van der Waals surface area contributed by atoms with Gasteiger partial charge in [0, 0.05) is 17.1 Å². The molecule has 0 unspecified atom stereocenters. The molecule has 39 valence electrons. The molecule has 6 heavy (non-hydrogen) atoms. The van der Waals surface area contributed by atoms with Gasteiger partial charge in [0.05, 0.1) is 0 Å². The first-order valence-corrected chi connectivity index (χ1v) is 0. The van der Waals surface area contributed by atoms with Crippen molar-refractivity contribution in [3.63, 3.8) is 0 Å². The van der Waals surface area contributed by atoms with Crippen LogP contribution in [0.5, 0.6) is 0 Å². The molecule has 0 aromatic carbocycles. The van der Waals surface area contributed by atoms with Crippen molar-refractivity contribution in [1.82, 2.24) is 0 Å². The molecule has 0 spiro atoms. The Morgan fingerprint density at radius 2 is 0.500 bits per heavy atom. The van der Waals surface area contributed by atoms with E-state index in [1.807, 2.05) is 0 Å². The molecular formula is MnO4Rb-7. The maximum absolute atomic E-state index is 0. The van der Waals surface area contributed by atoms with Gasteiger partial charge in [-0.3, -0.25) is 0 Å². The fourth-order valence-corrected chi connectivity index (χ4v) is 0. The minimum absolute atomic E-state index is 0. The van der Waals surface area contributed by atoms with Crippen LogP contribution in [0, 0.1) is 0 Å². The molecule has 1 radical (unpaired) electrons. The van der Waals surface area contributed by atoms with Crippen LogP contribution in [0.2, 0.25) is 0 Å². The molecule has 0 bridgehead atoms. The first kappa shape index (κ1) is 89.4. The molecule has 0 saturated carbocycles. The topological polar surface area (TPSA) is 114 Å². The second-order valence-corrected chi connectivity index (χ2v) is 0. The standard InChI is InChI=1S/Mn.4O.Rb/q;4*-2;+1. The van der Waals surface area contributed by atoms with E-state index < -0.39 is 0 Å². The molecule has 0 amide bonds. The Hall–Kier alpha value is 2.16. The van der Waals surface area contributed by atoms with Crippen molar-refractivity contribution in [2.75, 3.05) is 0 Å². The number of hydrogen-bond acceptors (Lipinski definition) is 0. The minimum atomic E-state index is 0. The zero-order valence-corrected chi connectivity index (χ0v) is 9.11. The van der Waals surface area contributed by atoms with Crippen LogP contribution >= 0.6 is 0 Å². The van der Waals surface area contributed by atoms with Gasteiger partial charge < -0.3 is 21.9 Å². The molecule has 0 aliphatic heterocycles. The zero-order valence-electron chi connectivity index (χ0n) is 3.01. The Balaban J connectivity index is 0. The maximum atomic E-state index is 0. The summed E-state index contributed by atoms with van der Waals surface area (Å²) >= 11 is 0. The zero-order chi connectivity index (χ0) is 0. The van der Waals surface area contributed by atoms with Crippen molar-refractivity contribution < 1.29 is 97.2 Å². The predicted molar refractivity (Wildman–Crippen MR) is 2.75 cm³/mol. The summed E-state index contributed by atoms with van der Waals surface area (Å²) in [5.74, 6) is 0. The minimum Gasteiger partial charge on any atom is -2.00 e. The van der Waals surface area contributed by atoms with Crippen molar-refractivity contribution in [3.8, 4) is 0 Å². The Morgan fingerprint density at radius 1 is 0.500 bits per heavy atom. The molecule has 4 nitrogen and oxygen atoms in total. The Bertz CT molecular complexity index is 7.51. The van der Waals surface area contributed by atoms with Crippen molar-refractivity contribution in [3.05, 3.63) is 0 Å². The van der Waals surface area contributed by atoms with Crippen LogP contribution in [-0.4, -0.2) is 0 Å². The van der Waals surface area contributed by atoms with Gasteiger partial charge in [-0.05, 0) is 0 Å². The van der Waals surface area contributed by atoms with Gasteiger partial charge >= 0.3 is 58.2 Å². The van der Waals surface area contributed by atoms with Gasteiger partial charge in [-0.1, -0.05) is 0 Å². The van der Waals surface area contributed by atoms with Gasteiger partial charge in [0.15, 0.2) is 0 Å². The van der Waals surface area contributed by atoms with Gasteiger partial charge in [0.1, 0.15) is 0 Å². The van der Waals surface area contributed by atoms with Crippen LogP contribution in [0.25, 0.3) is 0 Å². The van der Waals surface area contributed by atoms with E-state index in [9.17, 15) is 0 Å². The monoisotopic (exact) mass is 204 g/mol. The van der Waals surface area contributed by atoms with E-state index in [1.54, 1.807) is 0 Å². The normalized spacial score (nSPS) is 0. The third-order valence-electron chi connectivity index (χ3n) is 0. The summed E-state index contributed by atoms with van der Waals surface area (Å²) in [6, 6.07) is 0. The summed E-state index contributed by atoms with van der Waals surface area (Å²) in [6.07, 6.45) is 0. The Labute approximate surface area is 95.2 Å². The maximum Gasteiger partial charge on any atom is 1.00 e. The van der Waals surface area contributed by atoms with Gasteiger partial charge in [0.25, 0.3) is 0 Å². The third kappa shape index (κ3) is 35.1. The summed E-state index contributed by atoms with van der Waals surface area (Å²) in [4.78, 5) is 0. The Morgan fingerprint density at radius 3 is 0.500 bits per heavy atom. The van der Waals surface area contributed by atoms with Gasteiger partial charge in [0.2, 0.25) is 0 Å². The molecule has 0 atom stereocenters. The quantitative estimate of drug-likeness (QED) is 0.365. The van der Waals surface area contributed by atoms with E-state index in [0.29, 0.717) is 0 Å². The first-order chi connectivity index (χ1) is 0. The van der Waals surface area contributed by atoms with E-state index in [0.717, 1.165) is 0 Å². The van der Waals surface area contributed by atoms with E-state index in [2.05, 4.69) is 0 Å². The van der Waals surface area contributed by atoms with E-state index in [4.69, 9.17) is 0 Å². The number of rotatable bonds is 0. The molecule has 0 saturated heterocycles. The van der Waals surface area contributed by atoms with E-state index >= 15 is 0 Å². The summed E-state index contributed by atoms with van der Waals surface area (Å²) in [7, 11) is 0. The molecule has 6 heteroatoms. The summed E-state index contributed by atoms with van der Waals surface area (Å²) < 4.78 is 0. The molecular weight excluding hydrogens is 204 g/mol. The molecule has 0 fully saturated rings. The Kier molecular flexibility index (Phi) is 866. The molecule has 0 N–H and O–H groups in total. The van der Waals surface area contributed by atoms with Crippen LogP contribution in [0.15, 0.2) is 0 Å². The van der Waals surface area contributed by atoms with E-state index in [-0.39, 0.29) is 97.2 Å². The fourth-order valence-electron chi connectivity index (χ4n) is 0. The van der Waals surface area contributed by atoms with Crippen LogP contribution in [0.3, 0.4) is 0 Å². The summed E-state index contributed by atoms with van der Waals surface area (Å²) in [5, 5.41) is 0. The second-order valence-electron chi connectivity index (χ2n) is 0. The van der Waals surface area contributed by atoms with Crippen LogP contribution in [0.4, 0.5) is 0 Å². The fraction of sp³-hybridized carbons (Fsp3) is 0.